The highest BCUT2D eigenvalue weighted by molar-refractivity contribution is 7.07. The predicted octanol–water partition coefficient (Wildman–Crippen LogP) is 7.63. The van der Waals surface area contributed by atoms with Gasteiger partial charge < -0.3 is 9.15 Å². The van der Waals surface area contributed by atoms with Crippen LogP contribution in [0.5, 0.6) is 0 Å². The van der Waals surface area contributed by atoms with Crippen LogP contribution in [0.25, 0.3) is 23.1 Å². The number of aromatic nitrogens is 1. The normalized spacial score (nSPS) is 15.0. The van der Waals surface area contributed by atoms with Gasteiger partial charge in [-0.3, -0.25) is 9.36 Å². The first kappa shape index (κ1) is 29.9. The number of carbonyl (C=O) groups is 1. The second-order valence-electron chi connectivity index (χ2n) is 10.6. The average Bonchev–Trinajstić information content (AvgIpc) is 3.60. The number of nitrogens with zero attached hydrogens (tertiary/aromatic N) is 2. The quantitative estimate of drug-likeness (QED) is 0.171. The zero-order valence-electron chi connectivity index (χ0n) is 24.2. The minimum Gasteiger partial charge on any atom is -0.463 e. The molecule has 0 saturated carbocycles. The standard InChI is InChI=1S/C35H28Cl2N2O4S/c1-4-42-34(41)30-31(22-8-6-5-7-9-22)38-35-39(32(30)23-12-10-21(11-13-23)20(2)3)33(40)29(44-35)19-25-15-17-28(43-25)26-16-14-24(36)18-27(26)37/h5-20,32H,4H2,1-3H3/b29-19-/t32-/m1/s1. The molecule has 0 fully saturated rings. The third-order valence-corrected chi connectivity index (χ3v) is 8.92. The van der Waals surface area contributed by atoms with Gasteiger partial charge in [0.25, 0.3) is 5.56 Å². The first-order valence-electron chi connectivity index (χ1n) is 14.2. The lowest BCUT2D eigenvalue weighted by Crippen LogP contribution is -2.40. The molecule has 0 aliphatic carbocycles. The highest BCUT2D eigenvalue weighted by atomic mass is 35.5. The van der Waals surface area contributed by atoms with Crippen molar-refractivity contribution in [3.8, 4) is 11.3 Å². The van der Waals surface area contributed by atoms with E-state index in [0.29, 0.717) is 53.7 Å². The number of fused-ring (bicyclic) bond motifs is 1. The monoisotopic (exact) mass is 642 g/mol. The molecule has 3 heterocycles. The summed E-state index contributed by atoms with van der Waals surface area (Å²) in [7, 11) is 0. The fourth-order valence-electron chi connectivity index (χ4n) is 5.21. The lowest BCUT2D eigenvalue weighted by atomic mass is 9.91. The number of esters is 1. The second-order valence-corrected chi connectivity index (χ2v) is 12.4. The summed E-state index contributed by atoms with van der Waals surface area (Å²) >= 11 is 13.7. The molecule has 222 valence electrons. The molecule has 0 N–H and O–H groups in total. The smallest absolute Gasteiger partial charge is 0.338 e. The third kappa shape index (κ3) is 5.71. The highest BCUT2D eigenvalue weighted by Crippen LogP contribution is 2.36. The number of furan rings is 1. The highest BCUT2D eigenvalue weighted by Gasteiger charge is 2.35. The van der Waals surface area contributed by atoms with Crippen molar-refractivity contribution in [1.29, 1.82) is 0 Å². The Kier molecular flexibility index (Phi) is 8.45. The van der Waals surface area contributed by atoms with Gasteiger partial charge in [-0.2, -0.15) is 0 Å². The first-order valence-corrected chi connectivity index (χ1v) is 15.8. The van der Waals surface area contributed by atoms with E-state index in [0.717, 1.165) is 16.7 Å². The molecule has 1 aliphatic heterocycles. The Labute approximate surface area is 268 Å². The Bertz CT molecular complexity index is 2070. The van der Waals surface area contributed by atoms with Gasteiger partial charge in [0, 0.05) is 22.2 Å². The largest absolute Gasteiger partial charge is 0.463 e. The van der Waals surface area contributed by atoms with E-state index in [1.807, 2.05) is 54.6 Å². The van der Waals surface area contributed by atoms with Crippen LogP contribution in [0, 0.1) is 0 Å². The maximum Gasteiger partial charge on any atom is 0.338 e. The molecule has 0 amide bonds. The molecule has 0 bridgehead atoms. The number of hydrogen-bond acceptors (Lipinski definition) is 6. The molecule has 0 saturated heterocycles. The van der Waals surface area contributed by atoms with Crippen molar-refractivity contribution in [2.45, 2.75) is 32.7 Å². The summed E-state index contributed by atoms with van der Waals surface area (Å²) in [6.07, 6.45) is 1.69. The summed E-state index contributed by atoms with van der Waals surface area (Å²) in [6, 6.07) is 25.5. The lowest BCUT2D eigenvalue weighted by Gasteiger charge is -2.26. The number of ether oxygens (including phenoxy) is 1. The predicted molar refractivity (Wildman–Crippen MR) is 176 cm³/mol. The van der Waals surface area contributed by atoms with Gasteiger partial charge in [0.2, 0.25) is 0 Å². The minimum absolute atomic E-state index is 0.187. The first-order chi connectivity index (χ1) is 21.2. The second kappa shape index (κ2) is 12.4. The summed E-state index contributed by atoms with van der Waals surface area (Å²) in [6.45, 7) is 6.19. The fourth-order valence-corrected chi connectivity index (χ4v) is 6.70. The Morgan fingerprint density at radius 2 is 1.80 bits per heavy atom. The van der Waals surface area contributed by atoms with Gasteiger partial charge in [0.1, 0.15) is 11.5 Å². The topological polar surface area (TPSA) is 73.8 Å². The molecule has 6 rings (SSSR count). The Morgan fingerprint density at radius 1 is 1.05 bits per heavy atom. The van der Waals surface area contributed by atoms with E-state index in [-0.39, 0.29) is 12.2 Å². The molecule has 0 spiro atoms. The summed E-state index contributed by atoms with van der Waals surface area (Å²) in [5, 5.41) is 0.985. The van der Waals surface area contributed by atoms with E-state index < -0.39 is 12.0 Å². The zero-order valence-corrected chi connectivity index (χ0v) is 26.5. The number of halogens is 2. The van der Waals surface area contributed by atoms with Crippen molar-refractivity contribution >= 4 is 52.3 Å². The van der Waals surface area contributed by atoms with Crippen LogP contribution in [0.1, 0.15) is 55.2 Å². The van der Waals surface area contributed by atoms with Gasteiger partial charge in [0.05, 0.1) is 33.5 Å². The van der Waals surface area contributed by atoms with Crippen LogP contribution in [0.4, 0.5) is 0 Å². The van der Waals surface area contributed by atoms with Crippen LogP contribution in [-0.4, -0.2) is 17.1 Å². The van der Waals surface area contributed by atoms with Gasteiger partial charge >= 0.3 is 5.97 Å². The fraction of sp³-hybridized carbons (Fsp3) is 0.171. The van der Waals surface area contributed by atoms with Crippen molar-refractivity contribution in [3.63, 3.8) is 0 Å². The number of thiazole rings is 1. The van der Waals surface area contributed by atoms with Crippen molar-refractivity contribution in [3.05, 3.63) is 143 Å². The molecule has 3 aromatic carbocycles. The van der Waals surface area contributed by atoms with E-state index in [1.165, 1.54) is 11.3 Å². The Balaban J connectivity index is 1.55. The summed E-state index contributed by atoms with van der Waals surface area (Å²) in [5.74, 6) is 0.830. The molecule has 44 heavy (non-hydrogen) atoms. The van der Waals surface area contributed by atoms with Gasteiger partial charge in [0.15, 0.2) is 4.80 Å². The molecular formula is C35H28Cl2N2O4S. The van der Waals surface area contributed by atoms with Gasteiger partial charge in [-0.05, 0) is 54.3 Å². The van der Waals surface area contributed by atoms with Gasteiger partial charge in [-0.15, -0.1) is 0 Å². The Hall–Kier alpha value is -4.17. The molecule has 2 aromatic heterocycles. The molecule has 6 nitrogen and oxygen atoms in total. The number of benzene rings is 3. The van der Waals surface area contributed by atoms with Gasteiger partial charge in [-0.1, -0.05) is 103 Å². The molecular weight excluding hydrogens is 615 g/mol. The molecule has 0 radical (unpaired) electrons. The van der Waals surface area contributed by atoms with E-state index >= 15 is 0 Å². The SMILES string of the molecule is CCOC(=O)C1=C(c2ccccc2)N=c2s/c(=C\c3ccc(-c4ccc(Cl)cc4Cl)o3)c(=O)n2[C@@H]1c1ccc(C(C)C)cc1. The number of rotatable bonds is 7. The van der Waals surface area contributed by atoms with Crippen molar-refractivity contribution < 1.29 is 13.9 Å². The van der Waals surface area contributed by atoms with E-state index in [1.54, 1.807) is 47.9 Å². The van der Waals surface area contributed by atoms with Gasteiger partial charge in [-0.25, -0.2) is 9.79 Å². The summed E-state index contributed by atoms with van der Waals surface area (Å²) in [5.41, 5.74) is 3.88. The van der Waals surface area contributed by atoms with Crippen LogP contribution < -0.4 is 14.9 Å². The molecule has 0 unspecified atom stereocenters. The van der Waals surface area contributed by atoms with Crippen LogP contribution >= 0.6 is 34.5 Å². The summed E-state index contributed by atoms with van der Waals surface area (Å²) < 4.78 is 13.6. The number of carbonyl (C=O) groups excluding carboxylic acids is 1. The van der Waals surface area contributed by atoms with Crippen molar-refractivity contribution in [2.75, 3.05) is 6.61 Å². The van der Waals surface area contributed by atoms with E-state index in [2.05, 4.69) is 13.8 Å². The lowest BCUT2D eigenvalue weighted by molar-refractivity contribution is -0.138. The third-order valence-electron chi connectivity index (χ3n) is 7.39. The van der Waals surface area contributed by atoms with Crippen LogP contribution in [0.2, 0.25) is 10.0 Å². The van der Waals surface area contributed by atoms with Crippen LogP contribution in [-0.2, 0) is 9.53 Å². The molecule has 9 heteroatoms. The maximum atomic E-state index is 14.1. The minimum atomic E-state index is -0.746. The zero-order chi connectivity index (χ0) is 31.0. The Morgan fingerprint density at radius 3 is 2.48 bits per heavy atom. The molecule has 1 atom stereocenters. The molecule has 1 aliphatic rings. The van der Waals surface area contributed by atoms with Crippen LogP contribution in [0.15, 0.2) is 105 Å². The maximum absolute atomic E-state index is 14.1. The van der Waals surface area contributed by atoms with Crippen LogP contribution in [0.3, 0.4) is 0 Å². The number of hydrogen-bond donors (Lipinski definition) is 0. The van der Waals surface area contributed by atoms with Crippen molar-refractivity contribution in [2.24, 2.45) is 4.99 Å². The molecule has 5 aromatic rings. The van der Waals surface area contributed by atoms with E-state index in [9.17, 15) is 9.59 Å². The van der Waals surface area contributed by atoms with Crippen molar-refractivity contribution in [1.82, 2.24) is 4.57 Å². The average molecular weight is 644 g/mol. The van der Waals surface area contributed by atoms with E-state index in [4.69, 9.17) is 37.3 Å². The summed E-state index contributed by atoms with van der Waals surface area (Å²) in [4.78, 5) is 33.2.